The van der Waals surface area contributed by atoms with Gasteiger partial charge in [-0.25, -0.2) is 4.79 Å². The molecular weight excluding hydrogens is 158 g/mol. The third kappa shape index (κ3) is 1.96. The zero-order valence-electron chi connectivity index (χ0n) is 7.16. The SMILES string of the molecule is COC(=O)N1CCCC(C=O)C1. The number of piperidine rings is 1. The Kier molecular flexibility index (Phi) is 3.08. The fourth-order valence-electron chi connectivity index (χ4n) is 1.42. The lowest BCUT2D eigenvalue weighted by Gasteiger charge is -2.28. The molecule has 1 aliphatic rings. The van der Waals surface area contributed by atoms with Crippen molar-refractivity contribution in [2.24, 2.45) is 5.92 Å². The number of carbonyl (C=O) groups excluding carboxylic acids is 2. The molecule has 0 spiro atoms. The number of methoxy groups -OCH3 is 1. The molecule has 1 aliphatic heterocycles. The molecule has 1 amide bonds. The third-order valence-electron chi connectivity index (χ3n) is 2.08. The van der Waals surface area contributed by atoms with Gasteiger partial charge in [0.15, 0.2) is 0 Å². The lowest BCUT2D eigenvalue weighted by atomic mass is 10.0. The first-order valence-corrected chi connectivity index (χ1v) is 4.06. The Labute approximate surface area is 71.5 Å². The first kappa shape index (κ1) is 9.03. The second-order valence-electron chi connectivity index (χ2n) is 2.95. The van der Waals surface area contributed by atoms with Crippen molar-refractivity contribution in [3.63, 3.8) is 0 Å². The third-order valence-corrected chi connectivity index (χ3v) is 2.08. The van der Waals surface area contributed by atoms with Gasteiger partial charge in [-0.2, -0.15) is 0 Å². The molecule has 0 saturated carbocycles. The molecule has 4 nitrogen and oxygen atoms in total. The normalized spacial score (nSPS) is 23.4. The van der Waals surface area contributed by atoms with E-state index in [2.05, 4.69) is 4.74 Å². The van der Waals surface area contributed by atoms with E-state index in [1.807, 2.05) is 0 Å². The number of hydrogen-bond donors (Lipinski definition) is 0. The summed E-state index contributed by atoms with van der Waals surface area (Å²) < 4.78 is 4.55. The zero-order valence-corrected chi connectivity index (χ0v) is 7.16. The van der Waals surface area contributed by atoms with Crippen molar-refractivity contribution in [1.29, 1.82) is 0 Å². The fourth-order valence-corrected chi connectivity index (χ4v) is 1.42. The minimum absolute atomic E-state index is 0.00199. The maximum absolute atomic E-state index is 11.0. The Bertz CT molecular complexity index is 181. The molecule has 1 rings (SSSR count). The van der Waals surface area contributed by atoms with Gasteiger partial charge in [-0.05, 0) is 12.8 Å². The van der Waals surface area contributed by atoms with Crippen LogP contribution in [0, 0.1) is 5.92 Å². The van der Waals surface area contributed by atoms with Gasteiger partial charge in [0.1, 0.15) is 6.29 Å². The van der Waals surface area contributed by atoms with Crippen LogP contribution in [-0.2, 0) is 9.53 Å². The smallest absolute Gasteiger partial charge is 0.409 e. The van der Waals surface area contributed by atoms with E-state index in [0.717, 1.165) is 19.1 Å². The van der Waals surface area contributed by atoms with E-state index < -0.39 is 0 Å². The van der Waals surface area contributed by atoms with Crippen LogP contribution in [0.5, 0.6) is 0 Å². The molecule has 0 aromatic carbocycles. The zero-order chi connectivity index (χ0) is 8.97. The van der Waals surface area contributed by atoms with Gasteiger partial charge in [-0.15, -0.1) is 0 Å². The van der Waals surface area contributed by atoms with Gasteiger partial charge >= 0.3 is 6.09 Å². The van der Waals surface area contributed by atoms with Crippen LogP contribution in [0.15, 0.2) is 0 Å². The number of rotatable bonds is 1. The number of carbonyl (C=O) groups is 2. The molecule has 12 heavy (non-hydrogen) atoms. The van der Waals surface area contributed by atoms with Crippen LogP contribution in [0.4, 0.5) is 4.79 Å². The molecule has 0 radical (unpaired) electrons. The summed E-state index contributed by atoms with van der Waals surface area (Å²) in [5, 5.41) is 0. The van der Waals surface area contributed by atoms with Crippen LogP contribution in [0.1, 0.15) is 12.8 Å². The largest absolute Gasteiger partial charge is 0.453 e. The van der Waals surface area contributed by atoms with Gasteiger partial charge in [0.05, 0.1) is 7.11 Å². The summed E-state index contributed by atoms with van der Waals surface area (Å²) in [5.41, 5.74) is 0. The second-order valence-corrected chi connectivity index (χ2v) is 2.95. The van der Waals surface area contributed by atoms with Gasteiger partial charge in [-0.3, -0.25) is 0 Å². The van der Waals surface area contributed by atoms with Crippen molar-refractivity contribution < 1.29 is 14.3 Å². The minimum atomic E-state index is -0.332. The Hall–Kier alpha value is -1.06. The molecule has 1 heterocycles. The number of ether oxygens (including phenoxy) is 1. The molecule has 4 heteroatoms. The van der Waals surface area contributed by atoms with Crippen molar-refractivity contribution in [3.05, 3.63) is 0 Å². The van der Waals surface area contributed by atoms with Crippen LogP contribution in [-0.4, -0.2) is 37.5 Å². The number of hydrogen-bond acceptors (Lipinski definition) is 3. The maximum atomic E-state index is 11.0. The quantitative estimate of drug-likeness (QED) is 0.544. The average Bonchev–Trinajstić information content (AvgIpc) is 2.17. The topological polar surface area (TPSA) is 46.6 Å². The Morgan fingerprint density at radius 1 is 1.67 bits per heavy atom. The molecule has 0 aromatic rings. The molecule has 68 valence electrons. The molecular formula is C8H13NO3. The summed E-state index contributed by atoms with van der Waals surface area (Å²) in [6.07, 6.45) is 2.35. The summed E-state index contributed by atoms with van der Waals surface area (Å²) in [5.74, 6) is -0.00199. The maximum Gasteiger partial charge on any atom is 0.409 e. The summed E-state index contributed by atoms with van der Waals surface area (Å²) in [7, 11) is 1.35. The van der Waals surface area contributed by atoms with E-state index in [1.54, 1.807) is 4.90 Å². The lowest BCUT2D eigenvalue weighted by molar-refractivity contribution is -0.112. The van der Waals surface area contributed by atoms with E-state index in [0.29, 0.717) is 13.1 Å². The highest BCUT2D eigenvalue weighted by Crippen LogP contribution is 2.14. The second kappa shape index (κ2) is 4.09. The van der Waals surface area contributed by atoms with Gasteiger partial charge in [0, 0.05) is 19.0 Å². The molecule has 1 unspecified atom stereocenters. The Morgan fingerprint density at radius 3 is 3.00 bits per heavy atom. The van der Waals surface area contributed by atoms with Crippen LogP contribution in [0.2, 0.25) is 0 Å². The van der Waals surface area contributed by atoms with Crippen molar-refractivity contribution >= 4 is 12.4 Å². The predicted octanol–water partition coefficient (Wildman–Crippen LogP) is 0.664. The standard InChI is InChI=1S/C8H13NO3/c1-12-8(11)9-4-2-3-7(5-9)6-10/h6-7H,2-5H2,1H3. The highest BCUT2D eigenvalue weighted by Gasteiger charge is 2.23. The van der Waals surface area contributed by atoms with Crippen molar-refractivity contribution in [1.82, 2.24) is 4.90 Å². The molecule has 1 fully saturated rings. The fraction of sp³-hybridized carbons (Fsp3) is 0.750. The summed E-state index contributed by atoms with van der Waals surface area (Å²) in [6.45, 7) is 1.22. The monoisotopic (exact) mass is 171 g/mol. The van der Waals surface area contributed by atoms with E-state index in [1.165, 1.54) is 7.11 Å². The molecule has 1 saturated heterocycles. The first-order valence-electron chi connectivity index (χ1n) is 4.06. The van der Waals surface area contributed by atoms with Gasteiger partial charge in [0.25, 0.3) is 0 Å². The first-order chi connectivity index (χ1) is 5.77. The predicted molar refractivity (Wildman–Crippen MR) is 42.8 cm³/mol. The highest BCUT2D eigenvalue weighted by atomic mass is 16.5. The van der Waals surface area contributed by atoms with Crippen molar-refractivity contribution in [3.8, 4) is 0 Å². The average molecular weight is 171 g/mol. The molecule has 0 aromatic heterocycles. The summed E-state index contributed by atoms with van der Waals surface area (Å²) in [6, 6.07) is 0. The molecule has 0 bridgehead atoms. The lowest BCUT2D eigenvalue weighted by Crippen LogP contribution is -2.40. The summed E-state index contributed by atoms with van der Waals surface area (Å²) >= 11 is 0. The van der Waals surface area contributed by atoms with Crippen LogP contribution in [0.25, 0.3) is 0 Å². The van der Waals surface area contributed by atoms with Crippen LogP contribution in [0.3, 0.4) is 0 Å². The number of nitrogens with zero attached hydrogens (tertiary/aromatic N) is 1. The van der Waals surface area contributed by atoms with Crippen LogP contribution >= 0.6 is 0 Å². The van der Waals surface area contributed by atoms with Crippen molar-refractivity contribution in [2.45, 2.75) is 12.8 Å². The van der Waals surface area contributed by atoms with Crippen LogP contribution < -0.4 is 0 Å². The van der Waals surface area contributed by atoms with E-state index in [-0.39, 0.29) is 12.0 Å². The van der Waals surface area contributed by atoms with E-state index in [9.17, 15) is 9.59 Å². The Morgan fingerprint density at radius 2 is 2.42 bits per heavy atom. The number of likely N-dealkylation sites (tertiary alicyclic amines) is 1. The van der Waals surface area contributed by atoms with Gasteiger partial charge < -0.3 is 14.4 Å². The highest BCUT2D eigenvalue weighted by molar-refractivity contribution is 5.68. The van der Waals surface area contributed by atoms with Gasteiger partial charge in [0.2, 0.25) is 0 Å². The van der Waals surface area contributed by atoms with Gasteiger partial charge in [-0.1, -0.05) is 0 Å². The molecule has 0 N–H and O–H groups in total. The molecule has 0 aliphatic carbocycles. The molecule has 1 atom stereocenters. The van der Waals surface area contributed by atoms with E-state index in [4.69, 9.17) is 0 Å². The Balaban J connectivity index is 2.45. The number of aldehydes is 1. The summed E-state index contributed by atoms with van der Waals surface area (Å²) in [4.78, 5) is 23.0. The van der Waals surface area contributed by atoms with E-state index >= 15 is 0 Å². The minimum Gasteiger partial charge on any atom is -0.453 e. The number of amides is 1. The van der Waals surface area contributed by atoms with Crippen molar-refractivity contribution in [2.75, 3.05) is 20.2 Å².